The second kappa shape index (κ2) is 6.12. The number of aryl methyl sites for hydroxylation is 1. The van der Waals surface area contributed by atoms with Crippen LogP contribution in [0.25, 0.3) is 11.3 Å². The summed E-state index contributed by atoms with van der Waals surface area (Å²) in [5.74, 6) is 1.31. The topological polar surface area (TPSA) is 64.0 Å². The molecule has 0 radical (unpaired) electrons. The summed E-state index contributed by atoms with van der Waals surface area (Å²) < 4.78 is 28.7. The monoisotopic (exact) mass is 319 g/mol. The van der Waals surface area contributed by atoms with Gasteiger partial charge in [0.05, 0.1) is 17.6 Å². The standard InChI is InChI=1S/C16H21N3O2S/c1-2-3-11-22(20,21)18-14-8-6-13(7-9-14)15-12-17-16-5-4-10-19(15)16/h6-9,12,18H,2-5,10-11H2,1H3. The molecule has 0 amide bonds. The van der Waals surface area contributed by atoms with E-state index >= 15 is 0 Å². The third kappa shape index (κ3) is 3.16. The molecule has 0 fully saturated rings. The van der Waals surface area contributed by atoms with Crippen molar-refractivity contribution < 1.29 is 8.42 Å². The van der Waals surface area contributed by atoms with Crippen molar-refractivity contribution in [1.29, 1.82) is 0 Å². The average Bonchev–Trinajstić information content (AvgIpc) is 3.09. The average molecular weight is 319 g/mol. The molecule has 0 atom stereocenters. The van der Waals surface area contributed by atoms with E-state index in [9.17, 15) is 8.42 Å². The SMILES string of the molecule is CCCCS(=O)(=O)Nc1ccc(-c2cnc3n2CCC3)cc1. The van der Waals surface area contributed by atoms with Crippen LogP contribution >= 0.6 is 0 Å². The van der Waals surface area contributed by atoms with E-state index in [1.807, 2.05) is 37.4 Å². The molecule has 1 aliphatic heterocycles. The number of sulfonamides is 1. The number of nitrogens with zero attached hydrogens (tertiary/aromatic N) is 2. The van der Waals surface area contributed by atoms with Gasteiger partial charge >= 0.3 is 0 Å². The lowest BCUT2D eigenvalue weighted by atomic mass is 10.1. The second-order valence-electron chi connectivity index (χ2n) is 5.67. The van der Waals surface area contributed by atoms with Crippen molar-refractivity contribution in [1.82, 2.24) is 9.55 Å². The number of imidazole rings is 1. The first-order valence-corrected chi connectivity index (χ1v) is 9.39. The molecule has 1 aromatic carbocycles. The summed E-state index contributed by atoms with van der Waals surface area (Å²) in [7, 11) is -3.24. The fraction of sp³-hybridized carbons (Fsp3) is 0.438. The number of rotatable bonds is 6. The molecule has 0 saturated carbocycles. The summed E-state index contributed by atoms with van der Waals surface area (Å²) >= 11 is 0. The number of hydrogen-bond donors (Lipinski definition) is 1. The van der Waals surface area contributed by atoms with E-state index in [1.54, 1.807) is 0 Å². The largest absolute Gasteiger partial charge is 0.328 e. The number of anilines is 1. The third-order valence-electron chi connectivity index (χ3n) is 3.94. The molecule has 118 valence electrons. The first kappa shape index (κ1) is 15.1. The molecule has 5 nitrogen and oxygen atoms in total. The Morgan fingerprint density at radius 1 is 1.27 bits per heavy atom. The summed E-state index contributed by atoms with van der Waals surface area (Å²) in [6.07, 6.45) is 5.62. The second-order valence-corrected chi connectivity index (χ2v) is 7.51. The Hall–Kier alpha value is -1.82. The van der Waals surface area contributed by atoms with Crippen LogP contribution in [0.1, 0.15) is 32.0 Å². The zero-order chi connectivity index (χ0) is 15.6. The Balaban J connectivity index is 1.75. The predicted octanol–water partition coefficient (Wildman–Crippen LogP) is 3.04. The molecule has 1 aromatic heterocycles. The minimum atomic E-state index is -3.24. The normalized spacial score (nSPS) is 14.0. The quantitative estimate of drug-likeness (QED) is 0.890. The van der Waals surface area contributed by atoms with Crippen LogP contribution in [-0.2, 0) is 23.0 Å². The highest BCUT2D eigenvalue weighted by atomic mass is 32.2. The van der Waals surface area contributed by atoms with Crippen LogP contribution in [0, 0.1) is 0 Å². The number of aromatic nitrogens is 2. The van der Waals surface area contributed by atoms with Gasteiger partial charge in [0.25, 0.3) is 0 Å². The van der Waals surface area contributed by atoms with Gasteiger partial charge in [0.2, 0.25) is 10.0 Å². The van der Waals surface area contributed by atoms with E-state index < -0.39 is 10.0 Å². The van der Waals surface area contributed by atoms with Gasteiger partial charge in [0.15, 0.2) is 0 Å². The van der Waals surface area contributed by atoms with Crippen LogP contribution in [0.4, 0.5) is 5.69 Å². The Labute approximate surface area is 131 Å². The van der Waals surface area contributed by atoms with Crippen molar-refractivity contribution in [2.75, 3.05) is 10.5 Å². The first-order valence-electron chi connectivity index (χ1n) is 7.74. The van der Waals surface area contributed by atoms with Gasteiger partial charge in [-0.15, -0.1) is 0 Å². The number of hydrogen-bond acceptors (Lipinski definition) is 3. The highest BCUT2D eigenvalue weighted by molar-refractivity contribution is 7.92. The van der Waals surface area contributed by atoms with E-state index in [2.05, 4.69) is 14.3 Å². The highest BCUT2D eigenvalue weighted by Gasteiger charge is 2.16. The number of benzene rings is 1. The molecule has 2 aromatic rings. The summed E-state index contributed by atoms with van der Waals surface area (Å²) in [5.41, 5.74) is 2.78. The van der Waals surface area contributed by atoms with E-state index in [1.165, 1.54) is 0 Å². The Kier molecular flexibility index (Phi) is 4.20. The van der Waals surface area contributed by atoms with Crippen molar-refractivity contribution >= 4 is 15.7 Å². The minimum Gasteiger partial charge on any atom is -0.328 e. The summed E-state index contributed by atoms with van der Waals surface area (Å²) in [4.78, 5) is 4.44. The van der Waals surface area contributed by atoms with Crippen LogP contribution < -0.4 is 4.72 Å². The zero-order valence-electron chi connectivity index (χ0n) is 12.7. The summed E-state index contributed by atoms with van der Waals surface area (Å²) in [5, 5.41) is 0. The van der Waals surface area contributed by atoms with Gasteiger partial charge in [-0.25, -0.2) is 13.4 Å². The number of unbranched alkanes of at least 4 members (excludes halogenated alkanes) is 1. The molecule has 3 rings (SSSR count). The Morgan fingerprint density at radius 3 is 2.77 bits per heavy atom. The van der Waals surface area contributed by atoms with E-state index in [0.717, 1.165) is 42.9 Å². The number of fused-ring (bicyclic) bond motifs is 1. The smallest absolute Gasteiger partial charge is 0.232 e. The first-order chi connectivity index (χ1) is 10.6. The maximum absolute atomic E-state index is 11.9. The van der Waals surface area contributed by atoms with Crippen LogP contribution in [-0.4, -0.2) is 23.7 Å². The molecular weight excluding hydrogens is 298 g/mol. The molecule has 0 spiro atoms. The van der Waals surface area contributed by atoms with Crippen molar-refractivity contribution in [3.63, 3.8) is 0 Å². The van der Waals surface area contributed by atoms with Crippen LogP contribution in [0.3, 0.4) is 0 Å². The molecule has 0 aliphatic carbocycles. The van der Waals surface area contributed by atoms with Gasteiger partial charge in [0, 0.05) is 18.7 Å². The lowest BCUT2D eigenvalue weighted by Crippen LogP contribution is -2.16. The van der Waals surface area contributed by atoms with Crippen LogP contribution in [0.2, 0.25) is 0 Å². The van der Waals surface area contributed by atoms with E-state index in [4.69, 9.17) is 0 Å². The maximum Gasteiger partial charge on any atom is 0.232 e. The molecule has 22 heavy (non-hydrogen) atoms. The molecular formula is C16H21N3O2S. The Morgan fingerprint density at radius 2 is 2.05 bits per heavy atom. The van der Waals surface area contributed by atoms with Crippen molar-refractivity contribution in [3.05, 3.63) is 36.3 Å². The van der Waals surface area contributed by atoms with Gasteiger partial charge in [-0.1, -0.05) is 25.5 Å². The van der Waals surface area contributed by atoms with Crippen molar-refractivity contribution in [2.24, 2.45) is 0 Å². The third-order valence-corrected chi connectivity index (χ3v) is 5.31. The minimum absolute atomic E-state index is 0.168. The lowest BCUT2D eigenvalue weighted by Gasteiger charge is -2.09. The molecule has 0 bridgehead atoms. The van der Waals surface area contributed by atoms with Crippen LogP contribution in [0.5, 0.6) is 0 Å². The maximum atomic E-state index is 11.9. The highest BCUT2D eigenvalue weighted by Crippen LogP contribution is 2.26. The molecule has 1 N–H and O–H groups in total. The Bertz CT molecular complexity index is 748. The summed E-state index contributed by atoms with van der Waals surface area (Å²) in [6.45, 7) is 2.99. The zero-order valence-corrected chi connectivity index (χ0v) is 13.6. The van der Waals surface area contributed by atoms with Gasteiger partial charge in [-0.2, -0.15) is 0 Å². The number of nitrogens with one attached hydrogen (secondary N) is 1. The molecule has 6 heteroatoms. The van der Waals surface area contributed by atoms with E-state index in [-0.39, 0.29) is 5.75 Å². The summed E-state index contributed by atoms with van der Waals surface area (Å²) in [6, 6.07) is 7.52. The van der Waals surface area contributed by atoms with Gasteiger partial charge < -0.3 is 4.57 Å². The lowest BCUT2D eigenvalue weighted by molar-refractivity contribution is 0.598. The molecule has 0 unspecified atom stereocenters. The molecule has 1 aliphatic rings. The van der Waals surface area contributed by atoms with Crippen molar-refractivity contribution in [2.45, 2.75) is 39.2 Å². The predicted molar refractivity (Wildman–Crippen MR) is 88.3 cm³/mol. The van der Waals surface area contributed by atoms with Gasteiger partial charge in [-0.3, -0.25) is 4.72 Å². The van der Waals surface area contributed by atoms with Crippen molar-refractivity contribution in [3.8, 4) is 11.3 Å². The molecule has 2 heterocycles. The van der Waals surface area contributed by atoms with Gasteiger partial charge in [-0.05, 0) is 30.5 Å². The van der Waals surface area contributed by atoms with Crippen LogP contribution in [0.15, 0.2) is 30.5 Å². The van der Waals surface area contributed by atoms with Gasteiger partial charge in [0.1, 0.15) is 5.82 Å². The fourth-order valence-electron chi connectivity index (χ4n) is 2.76. The molecule has 0 saturated heterocycles. The van der Waals surface area contributed by atoms with E-state index in [0.29, 0.717) is 12.1 Å². The fourth-order valence-corrected chi connectivity index (χ4v) is 4.03.